The van der Waals surface area contributed by atoms with E-state index in [4.69, 9.17) is 9.29 Å². The second kappa shape index (κ2) is 9.25. The molecule has 2 rings (SSSR count). The molecule has 0 atom stereocenters. The van der Waals surface area contributed by atoms with Crippen LogP contribution < -0.4 is 4.72 Å². The maximum absolute atomic E-state index is 13.1. The van der Waals surface area contributed by atoms with Crippen LogP contribution in [0.1, 0.15) is 31.9 Å². The van der Waals surface area contributed by atoms with Crippen LogP contribution in [0.3, 0.4) is 0 Å². The molecule has 0 saturated carbocycles. The number of benzene rings is 2. The van der Waals surface area contributed by atoms with Gasteiger partial charge in [0, 0.05) is 6.54 Å². The van der Waals surface area contributed by atoms with Gasteiger partial charge in [-0.15, -0.1) is 0 Å². The van der Waals surface area contributed by atoms with Gasteiger partial charge in [-0.3, -0.25) is 9.27 Å². The van der Waals surface area contributed by atoms with Crippen LogP contribution in [0.5, 0.6) is 0 Å². The van der Waals surface area contributed by atoms with Gasteiger partial charge >= 0.3 is 16.4 Å². The molecule has 2 aromatic carbocycles. The molecule has 0 aliphatic carbocycles. The lowest BCUT2D eigenvalue weighted by Crippen LogP contribution is -2.41. The van der Waals surface area contributed by atoms with Crippen molar-refractivity contribution in [1.82, 2.24) is 4.31 Å². The van der Waals surface area contributed by atoms with E-state index < -0.39 is 32.0 Å². The van der Waals surface area contributed by atoms with E-state index in [0.717, 1.165) is 5.56 Å². The standard InChI is InChI=1S/C20H26N2O7S2/c1-15-5-11-18(12-6-15)30(24,25)22(19(23)29-20(2,3)4)14-13-16-7-9-17(10-8-16)21-31(26,27)28/h5-12,21H,13-14H2,1-4H3,(H,26,27,28). The third-order valence-electron chi connectivity index (χ3n) is 4.01. The molecule has 0 aliphatic rings. The highest BCUT2D eigenvalue weighted by molar-refractivity contribution is 7.89. The SMILES string of the molecule is Cc1ccc(S(=O)(=O)N(CCc2ccc(NS(=O)(=O)O)cc2)C(=O)OC(C)(C)C)cc1. The Morgan fingerprint density at radius 3 is 2.03 bits per heavy atom. The summed E-state index contributed by atoms with van der Waals surface area (Å²) in [6.07, 6.45) is -0.825. The molecule has 0 aliphatic heterocycles. The third-order valence-corrected chi connectivity index (χ3v) is 6.28. The highest BCUT2D eigenvalue weighted by Crippen LogP contribution is 2.21. The Kier molecular flexibility index (Phi) is 7.35. The highest BCUT2D eigenvalue weighted by Gasteiger charge is 2.32. The van der Waals surface area contributed by atoms with Gasteiger partial charge in [-0.1, -0.05) is 29.8 Å². The summed E-state index contributed by atoms with van der Waals surface area (Å²) in [7, 11) is -8.55. The number of anilines is 1. The minimum Gasteiger partial charge on any atom is -0.443 e. The van der Waals surface area contributed by atoms with E-state index in [2.05, 4.69) is 0 Å². The monoisotopic (exact) mass is 470 g/mol. The molecular weight excluding hydrogens is 444 g/mol. The van der Waals surface area contributed by atoms with Crippen LogP contribution in [0.15, 0.2) is 53.4 Å². The number of nitrogens with one attached hydrogen (secondary N) is 1. The van der Waals surface area contributed by atoms with Crippen LogP contribution in [0.4, 0.5) is 10.5 Å². The molecule has 9 nitrogen and oxygen atoms in total. The minimum absolute atomic E-state index is 0.0309. The van der Waals surface area contributed by atoms with Crippen molar-refractivity contribution in [3.05, 3.63) is 59.7 Å². The Hall–Kier alpha value is -2.63. The van der Waals surface area contributed by atoms with Crippen molar-refractivity contribution in [2.45, 2.75) is 44.6 Å². The molecule has 0 radical (unpaired) electrons. The number of aryl methyl sites for hydroxylation is 1. The van der Waals surface area contributed by atoms with Crippen LogP contribution >= 0.6 is 0 Å². The first-order valence-electron chi connectivity index (χ1n) is 9.34. The van der Waals surface area contributed by atoms with Crippen molar-refractivity contribution in [3.8, 4) is 0 Å². The molecule has 0 aromatic heterocycles. The van der Waals surface area contributed by atoms with Crippen molar-refractivity contribution in [3.63, 3.8) is 0 Å². The number of hydrogen-bond donors (Lipinski definition) is 2. The Balaban J connectivity index is 2.27. The van der Waals surface area contributed by atoms with Gasteiger partial charge in [0.05, 0.1) is 10.6 Å². The summed E-state index contributed by atoms with van der Waals surface area (Å²) < 4.78 is 64.7. The molecular formula is C20H26N2O7S2. The van der Waals surface area contributed by atoms with Crippen LogP contribution in [0, 0.1) is 6.92 Å². The fourth-order valence-electron chi connectivity index (χ4n) is 2.58. The smallest absolute Gasteiger partial charge is 0.424 e. The predicted octanol–water partition coefficient (Wildman–Crippen LogP) is 3.38. The molecule has 0 saturated heterocycles. The van der Waals surface area contributed by atoms with Crippen LogP contribution in [-0.4, -0.2) is 43.9 Å². The lowest BCUT2D eigenvalue weighted by atomic mass is 10.1. The van der Waals surface area contributed by atoms with Crippen molar-refractivity contribution in [2.75, 3.05) is 11.3 Å². The van der Waals surface area contributed by atoms with Gasteiger partial charge in [0.2, 0.25) is 0 Å². The summed E-state index contributed by atoms with van der Waals surface area (Å²) >= 11 is 0. The quantitative estimate of drug-likeness (QED) is 0.593. The fourth-order valence-corrected chi connectivity index (χ4v) is 4.31. The number of nitrogens with zero attached hydrogens (tertiary/aromatic N) is 1. The molecule has 1 amide bonds. The van der Waals surface area contributed by atoms with Gasteiger partial charge in [0.1, 0.15) is 5.60 Å². The van der Waals surface area contributed by atoms with Gasteiger partial charge in [-0.2, -0.15) is 8.42 Å². The maximum atomic E-state index is 13.1. The average Bonchev–Trinajstić information content (AvgIpc) is 2.60. The first kappa shape index (κ1) is 24.6. The van der Waals surface area contributed by atoms with Gasteiger partial charge < -0.3 is 4.74 Å². The van der Waals surface area contributed by atoms with E-state index in [-0.39, 0.29) is 23.5 Å². The van der Waals surface area contributed by atoms with Crippen molar-refractivity contribution >= 4 is 32.1 Å². The van der Waals surface area contributed by atoms with Gasteiger partial charge in [0.25, 0.3) is 10.0 Å². The molecule has 31 heavy (non-hydrogen) atoms. The van der Waals surface area contributed by atoms with E-state index in [0.29, 0.717) is 9.87 Å². The summed E-state index contributed by atoms with van der Waals surface area (Å²) in [4.78, 5) is 12.7. The topological polar surface area (TPSA) is 130 Å². The number of hydrogen-bond acceptors (Lipinski definition) is 6. The molecule has 11 heteroatoms. The predicted molar refractivity (Wildman–Crippen MR) is 117 cm³/mol. The zero-order chi connectivity index (χ0) is 23.4. The molecule has 170 valence electrons. The Morgan fingerprint density at radius 1 is 1.00 bits per heavy atom. The third kappa shape index (κ3) is 7.53. The average molecular weight is 471 g/mol. The van der Waals surface area contributed by atoms with E-state index in [1.165, 1.54) is 24.3 Å². The van der Waals surface area contributed by atoms with E-state index in [1.54, 1.807) is 45.0 Å². The number of carbonyl (C=O) groups excluding carboxylic acids is 1. The summed E-state index contributed by atoms with van der Waals surface area (Å²) in [5, 5.41) is 0. The minimum atomic E-state index is -4.40. The van der Waals surface area contributed by atoms with Crippen LogP contribution in [0.25, 0.3) is 0 Å². The van der Waals surface area contributed by atoms with Gasteiger partial charge in [-0.05, 0) is 63.9 Å². The summed E-state index contributed by atoms with van der Waals surface area (Å²) in [5.74, 6) is 0. The zero-order valence-corrected chi connectivity index (χ0v) is 19.3. The molecule has 2 N–H and O–H groups in total. The van der Waals surface area contributed by atoms with Crippen molar-refractivity contribution in [1.29, 1.82) is 0 Å². The van der Waals surface area contributed by atoms with Crippen molar-refractivity contribution < 1.29 is 30.9 Å². The molecule has 0 heterocycles. The van der Waals surface area contributed by atoms with Gasteiger partial charge in [-0.25, -0.2) is 17.5 Å². The molecule has 0 spiro atoms. The molecule has 0 unspecified atom stereocenters. The van der Waals surface area contributed by atoms with Crippen LogP contribution in [-0.2, 0) is 31.5 Å². The first-order valence-corrected chi connectivity index (χ1v) is 12.2. The molecule has 0 fully saturated rings. The van der Waals surface area contributed by atoms with E-state index >= 15 is 0 Å². The zero-order valence-electron chi connectivity index (χ0n) is 17.7. The number of amides is 1. The van der Waals surface area contributed by atoms with Crippen LogP contribution in [0.2, 0.25) is 0 Å². The van der Waals surface area contributed by atoms with E-state index in [9.17, 15) is 21.6 Å². The lowest BCUT2D eigenvalue weighted by molar-refractivity contribution is 0.0392. The highest BCUT2D eigenvalue weighted by atomic mass is 32.2. The number of rotatable bonds is 7. The summed E-state index contributed by atoms with van der Waals surface area (Å²) in [6, 6.07) is 12.1. The molecule has 0 bridgehead atoms. The number of sulfonamides is 1. The Morgan fingerprint density at radius 2 is 1.55 bits per heavy atom. The number of carbonyl (C=O) groups is 1. The largest absolute Gasteiger partial charge is 0.443 e. The van der Waals surface area contributed by atoms with E-state index in [1.807, 2.05) is 11.6 Å². The first-order chi connectivity index (χ1) is 14.2. The normalized spacial score (nSPS) is 12.3. The Labute approximate surface area is 183 Å². The maximum Gasteiger partial charge on any atom is 0.424 e. The Bertz CT molecular complexity index is 1120. The summed E-state index contributed by atoms with van der Waals surface area (Å²) in [5.41, 5.74) is 0.777. The van der Waals surface area contributed by atoms with Crippen molar-refractivity contribution in [2.24, 2.45) is 0 Å². The lowest BCUT2D eigenvalue weighted by Gasteiger charge is -2.27. The number of ether oxygens (including phenoxy) is 1. The summed E-state index contributed by atoms with van der Waals surface area (Å²) in [6.45, 7) is 6.56. The molecule has 2 aromatic rings. The fraction of sp³-hybridized carbons (Fsp3) is 0.350. The second-order valence-electron chi connectivity index (χ2n) is 7.89. The second-order valence-corrected chi connectivity index (χ2v) is 10.9. The van der Waals surface area contributed by atoms with Gasteiger partial charge in [0.15, 0.2) is 0 Å².